The van der Waals surface area contributed by atoms with Crippen molar-refractivity contribution in [2.45, 2.75) is 26.5 Å². The molecule has 1 aromatic carbocycles. The van der Waals surface area contributed by atoms with Crippen LogP contribution in [0.5, 0.6) is 5.75 Å². The van der Waals surface area contributed by atoms with Gasteiger partial charge in [0.15, 0.2) is 5.96 Å². The molecule has 0 fully saturated rings. The maximum Gasteiger partial charge on any atom is 0.191 e. The third kappa shape index (κ3) is 6.38. The fraction of sp³-hybridized carbons (Fsp3) is 0.333. The van der Waals surface area contributed by atoms with Gasteiger partial charge in [-0.3, -0.25) is 4.98 Å². The summed E-state index contributed by atoms with van der Waals surface area (Å²) in [5.74, 6) is 1.64. The lowest BCUT2D eigenvalue weighted by Gasteiger charge is -2.17. The highest BCUT2D eigenvalue weighted by Gasteiger charge is 2.05. The second-order valence-electron chi connectivity index (χ2n) is 5.14. The van der Waals surface area contributed by atoms with E-state index < -0.39 is 0 Å². The van der Waals surface area contributed by atoms with Gasteiger partial charge in [-0.2, -0.15) is 0 Å². The maximum absolute atomic E-state index is 5.85. The van der Waals surface area contributed by atoms with Gasteiger partial charge in [-0.05, 0) is 38.1 Å². The number of ether oxygens (including phenoxy) is 1. The molecule has 0 bridgehead atoms. The third-order valence-corrected chi connectivity index (χ3v) is 3.11. The molecule has 5 nitrogen and oxygen atoms in total. The van der Waals surface area contributed by atoms with E-state index in [1.807, 2.05) is 62.4 Å². The zero-order valence-corrected chi connectivity index (χ0v) is 13.7. The molecule has 0 aliphatic carbocycles. The van der Waals surface area contributed by atoms with Crippen LogP contribution >= 0.6 is 0 Å². The van der Waals surface area contributed by atoms with Crippen molar-refractivity contribution in [1.82, 2.24) is 15.6 Å². The van der Waals surface area contributed by atoms with Crippen molar-refractivity contribution in [3.63, 3.8) is 0 Å². The van der Waals surface area contributed by atoms with E-state index in [0.29, 0.717) is 13.1 Å². The summed E-state index contributed by atoms with van der Waals surface area (Å²) in [7, 11) is 0. The molecule has 122 valence electrons. The van der Waals surface area contributed by atoms with Gasteiger partial charge >= 0.3 is 0 Å². The minimum atomic E-state index is 0.0381. The van der Waals surface area contributed by atoms with Crippen molar-refractivity contribution in [2.24, 2.45) is 4.99 Å². The smallest absolute Gasteiger partial charge is 0.191 e. The molecule has 0 spiro atoms. The van der Waals surface area contributed by atoms with E-state index in [2.05, 4.69) is 20.6 Å². The fourth-order valence-corrected chi connectivity index (χ4v) is 2.01. The van der Waals surface area contributed by atoms with Gasteiger partial charge in [-0.25, -0.2) is 4.99 Å². The Morgan fingerprint density at radius 3 is 2.61 bits per heavy atom. The average Bonchev–Trinajstić information content (AvgIpc) is 2.59. The number of hydrogen-bond acceptors (Lipinski definition) is 3. The summed E-state index contributed by atoms with van der Waals surface area (Å²) in [5.41, 5.74) is 0.943. The van der Waals surface area contributed by atoms with E-state index in [0.717, 1.165) is 23.9 Å². The largest absolute Gasteiger partial charge is 0.489 e. The standard InChI is InChI=1S/C18H24N4O/c1-3-19-18(22-14-16-9-7-8-12-20-16)21-13-15(2)23-17-10-5-4-6-11-17/h4-12,15H,3,13-14H2,1-2H3,(H2,19,21,22). The van der Waals surface area contributed by atoms with Crippen LogP contribution in [0.25, 0.3) is 0 Å². The van der Waals surface area contributed by atoms with Crippen LogP contribution in [0.15, 0.2) is 59.7 Å². The lowest BCUT2D eigenvalue weighted by Crippen LogP contribution is -2.41. The van der Waals surface area contributed by atoms with E-state index in [4.69, 9.17) is 4.74 Å². The summed E-state index contributed by atoms with van der Waals surface area (Å²) in [4.78, 5) is 8.81. The lowest BCUT2D eigenvalue weighted by atomic mass is 10.3. The molecule has 1 heterocycles. The van der Waals surface area contributed by atoms with Crippen molar-refractivity contribution in [3.8, 4) is 5.75 Å². The number of guanidine groups is 1. The normalized spacial score (nSPS) is 12.5. The molecule has 0 saturated heterocycles. The van der Waals surface area contributed by atoms with Gasteiger partial charge in [0.2, 0.25) is 0 Å². The quantitative estimate of drug-likeness (QED) is 0.609. The first-order chi connectivity index (χ1) is 11.3. The predicted molar refractivity (Wildman–Crippen MR) is 93.6 cm³/mol. The van der Waals surface area contributed by atoms with Crippen LogP contribution in [0, 0.1) is 0 Å². The van der Waals surface area contributed by atoms with E-state index >= 15 is 0 Å². The summed E-state index contributed by atoms with van der Waals surface area (Å²) >= 11 is 0. The van der Waals surface area contributed by atoms with E-state index in [-0.39, 0.29) is 6.10 Å². The van der Waals surface area contributed by atoms with Crippen LogP contribution in [0.4, 0.5) is 0 Å². The number of nitrogens with zero attached hydrogens (tertiary/aromatic N) is 2. The highest BCUT2D eigenvalue weighted by molar-refractivity contribution is 5.79. The zero-order valence-electron chi connectivity index (χ0n) is 13.7. The topological polar surface area (TPSA) is 58.5 Å². The summed E-state index contributed by atoms with van der Waals surface area (Å²) in [5, 5.41) is 6.52. The second-order valence-corrected chi connectivity index (χ2v) is 5.14. The first-order valence-electron chi connectivity index (χ1n) is 7.91. The van der Waals surface area contributed by atoms with Crippen LogP contribution in [-0.2, 0) is 6.54 Å². The van der Waals surface area contributed by atoms with Gasteiger partial charge < -0.3 is 15.4 Å². The van der Waals surface area contributed by atoms with Crippen LogP contribution in [0.2, 0.25) is 0 Å². The van der Waals surface area contributed by atoms with Crippen LogP contribution in [0.3, 0.4) is 0 Å². The van der Waals surface area contributed by atoms with Crippen LogP contribution in [-0.4, -0.2) is 30.1 Å². The SMILES string of the molecule is CCNC(=NCc1ccccn1)NCC(C)Oc1ccccc1. The first kappa shape index (κ1) is 16.8. The molecule has 0 amide bonds. The van der Waals surface area contributed by atoms with Crippen molar-refractivity contribution < 1.29 is 4.74 Å². The monoisotopic (exact) mass is 312 g/mol. The summed E-state index contributed by atoms with van der Waals surface area (Å²) in [6, 6.07) is 15.7. The number of para-hydroxylation sites is 1. The molecular formula is C18H24N4O. The molecule has 2 rings (SSSR count). The van der Waals surface area contributed by atoms with Gasteiger partial charge in [-0.1, -0.05) is 24.3 Å². The number of nitrogens with one attached hydrogen (secondary N) is 2. The summed E-state index contributed by atoms with van der Waals surface area (Å²) < 4.78 is 5.85. The van der Waals surface area contributed by atoms with Crippen molar-refractivity contribution in [2.75, 3.05) is 13.1 Å². The molecule has 0 aliphatic heterocycles. The van der Waals surface area contributed by atoms with Crippen molar-refractivity contribution in [1.29, 1.82) is 0 Å². The Hall–Kier alpha value is -2.56. The highest BCUT2D eigenvalue weighted by atomic mass is 16.5. The summed E-state index contributed by atoms with van der Waals surface area (Å²) in [6.07, 6.45) is 1.82. The van der Waals surface area contributed by atoms with E-state index in [9.17, 15) is 0 Å². The maximum atomic E-state index is 5.85. The highest BCUT2D eigenvalue weighted by Crippen LogP contribution is 2.10. The van der Waals surface area contributed by atoms with Gasteiger partial charge in [0.1, 0.15) is 11.9 Å². The van der Waals surface area contributed by atoms with Crippen molar-refractivity contribution >= 4 is 5.96 Å². The molecule has 0 saturated carbocycles. The summed E-state index contributed by atoms with van der Waals surface area (Å²) in [6.45, 7) is 6.10. The molecule has 0 radical (unpaired) electrons. The number of aromatic nitrogens is 1. The second kappa shape index (κ2) is 9.46. The fourth-order valence-electron chi connectivity index (χ4n) is 2.01. The van der Waals surface area contributed by atoms with Crippen LogP contribution in [0.1, 0.15) is 19.5 Å². The zero-order chi connectivity index (χ0) is 16.3. The Balaban J connectivity index is 1.84. The molecular weight excluding hydrogens is 288 g/mol. The van der Waals surface area contributed by atoms with E-state index in [1.165, 1.54) is 0 Å². The number of hydrogen-bond donors (Lipinski definition) is 2. The molecule has 1 unspecified atom stereocenters. The number of pyridine rings is 1. The number of aliphatic imine (C=N–C) groups is 1. The van der Waals surface area contributed by atoms with Gasteiger partial charge in [0.05, 0.1) is 18.8 Å². The van der Waals surface area contributed by atoms with Gasteiger partial charge in [-0.15, -0.1) is 0 Å². The average molecular weight is 312 g/mol. The molecule has 2 N–H and O–H groups in total. The van der Waals surface area contributed by atoms with Gasteiger partial charge in [0, 0.05) is 12.7 Å². The molecule has 1 aromatic heterocycles. The predicted octanol–water partition coefficient (Wildman–Crippen LogP) is 2.60. The molecule has 0 aliphatic rings. The Morgan fingerprint density at radius 2 is 1.91 bits per heavy atom. The third-order valence-electron chi connectivity index (χ3n) is 3.11. The number of benzene rings is 1. The Kier molecular flexibility index (Phi) is 6.91. The molecule has 5 heteroatoms. The van der Waals surface area contributed by atoms with Crippen molar-refractivity contribution in [3.05, 3.63) is 60.4 Å². The lowest BCUT2D eigenvalue weighted by molar-refractivity contribution is 0.224. The molecule has 1 atom stereocenters. The minimum Gasteiger partial charge on any atom is -0.489 e. The first-order valence-corrected chi connectivity index (χ1v) is 7.91. The van der Waals surface area contributed by atoms with E-state index in [1.54, 1.807) is 6.20 Å². The van der Waals surface area contributed by atoms with Crippen LogP contribution < -0.4 is 15.4 Å². The molecule has 2 aromatic rings. The Labute approximate surface area is 137 Å². The molecule has 23 heavy (non-hydrogen) atoms. The minimum absolute atomic E-state index is 0.0381. The Morgan fingerprint density at radius 1 is 1.13 bits per heavy atom. The van der Waals surface area contributed by atoms with Gasteiger partial charge in [0.25, 0.3) is 0 Å². The Bertz CT molecular complexity index is 586. The number of rotatable bonds is 7.